The zero-order valence-corrected chi connectivity index (χ0v) is 14.9. The minimum absolute atomic E-state index is 0.166. The largest absolute Gasteiger partial charge is 0.573 e. The first-order chi connectivity index (χ1) is 13.4. The number of alkyl halides is 3. The van der Waals surface area contributed by atoms with Gasteiger partial charge in [-0.25, -0.2) is 9.97 Å². The third kappa shape index (κ3) is 4.03. The lowest BCUT2D eigenvalue weighted by Crippen LogP contribution is -2.16. The van der Waals surface area contributed by atoms with Gasteiger partial charge in [0.25, 0.3) is 0 Å². The first-order valence-electron chi connectivity index (χ1n) is 7.92. The lowest BCUT2D eigenvalue weighted by Gasteiger charge is -2.09. The van der Waals surface area contributed by atoms with Crippen LogP contribution in [0.2, 0.25) is 0 Å². The van der Waals surface area contributed by atoms with Crippen LogP contribution in [0.25, 0.3) is 17.2 Å². The van der Waals surface area contributed by atoms with E-state index in [1.807, 2.05) is 0 Å². The predicted octanol–water partition coefficient (Wildman–Crippen LogP) is 4.16. The Labute approximate surface area is 160 Å². The van der Waals surface area contributed by atoms with Crippen molar-refractivity contribution in [3.63, 3.8) is 0 Å². The number of ether oxygens (including phenoxy) is 1. The minimum Gasteiger partial charge on any atom is -0.461 e. The smallest absolute Gasteiger partial charge is 0.461 e. The summed E-state index contributed by atoms with van der Waals surface area (Å²) >= 11 is 1.37. The summed E-state index contributed by atoms with van der Waals surface area (Å²) in [5.74, 6) is 1.28. The Balaban J connectivity index is 1.49. The van der Waals surface area contributed by atoms with Gasteiger partial charge in [0.05, 0.1) is 6.26 Å². The first kappa shape index (κ1) is 18.2. The Kier molecular flexibility index (Phi) is 4.59. The van der Waals surface area contributed by atoms with Crippen molar-refractivity contribution in [2.24, 2.45) is 0 Å². The van der Waals surface area contributed by atoms with Crippen molar-refractivity contribution in [1.82, 2.24) is 19.6 Å². The highest BCUT2D eigenvalue weighted by molar-refractivity contribution is 7.98. The molecule has 11 heteroatoms. The number of halogens is 3. The van der Waals surface area contributed by atoms with Crippen LogP contribution in [0, 0.1) is 0 Å². The molecule has 0 bridgehead atoms. The molecule has 0 aliphatic carbocycles. The summed E-state index contributed by atoms with van der Waals surface area (Å²) in [6.45, 7) is 0. The van der Waals surface area contributed by atoms with Crippen molar-refractivity contribution in [3.05, 3.63) is 54.3 Å². The predicted molar refractivity (Wildman–Crippen MR) is 95.6 cm³/mol. The molecule has 0 fully saturated rings. The van der Waals surface area contributed by atoms with Crippen LogP contribution in [0.4, 0.5) is 19.1 Å². The monoisotopic (exact) mass is 407 g/mol. The topological polar surface area (TPSA) is 91.5 Å². The van der Waals surface area contributed by atoms with Gasteiger partial charge >= 0.3 is 6.36 Å². The van der Waals surface area contributed by atoms with Gasteiger partial charge < -0.3 is 14.9 Å². The number of nitrogens with zero attached hydrogens (tertiary/aromatic N) is 4. The molecule has 0 aliphatic rings. The quantitative estimate of drug-likeness (QED) is 0.392. The van der Waals surface area contributed by atoms with Crippen molar-refractivity contribution in [1.29, 1.82) is 0 Å². The van der Waals surface area contributed by atoms with Crippen LogP contribution in [0.3, 0.4) is 0 Å². The van der Waals surface area contributed by atoms with Gasteiger partial charge in [0.1, 0.15) is 10.8 Å². The average Bonchev–Trinajstić information content (AvgIpc) is 3.29. The number of rotatable bonds is 5. The lowest BCUT2D eigenvalue weighted by molar-refractivity contribution is -0.274. The van der Waals surface area contributed by atoms with E-state index in [0.29, 0.717) is 28.0 Å². The normalized spacial score (nSPS) is 11.8. The van der Waals surface area contributed by atoms with E-state index in [4.69, 9.17) is 10.2 Å². The van der Waals surface area contributed by atoms with Crippen LogP contribution in [0.1, 0.15) is 5.56 Å². The number of thioether (sulfide) groups is 1. The molecular weight excluding hydrogens is 395 g/mol. The number of anilines is 1. The maximum absolute atomic E-state index is 12.2. The van der Waals surface area contributed by atoms with E-state index < -0.39 is 6.36 Å². The molecule has 0 saturated carbocycles. The number of nitrogen functional groups attached to an aromatic ring is 1. The Hall–Kier alpha value is -3.21. The molecule has 3 aromatic heterocycles. The molecule has 28 heavy (non-hydrogen) atoms. The second kappa shape index (κ2) is 7.08. The maximum Gasteiger partial charge on any atom is 0.573 e. The molecule has 7 nitrogen and oxygen atoms in total. The van der Waals surface area contributed by atoms with Crippen molar-refractivity contribution in [2.75, 3.05) is 5.73 Å². The van der Waals surface area contributed by atoms with Crippen LogP contribution in [-0.2, 0) is 5.75 Å². The minimum atomic E-state index is -4.71. The molecule has 0 amide bonds. The van der Waals surface area contributed by atoms with Gasteiger partial charge in [0, 0.05) is 11.8 Å². The number of aromatic nitrogens is 4. The molecule has 0 unspecified atom stereocenters. The summed E-state index contributed by atoms with van der Waals surface area (Å²) in [7, 11) is 0. The molecule has 4 aromatic rings. The molecule has 0 saturated heterocycles. The number of hydrogen-bond donors (Lipinski definition) is 1. The Morgan fingerprint density at radius 1 is 1.14 bits per heavy atom. The molecular formula is C17H12F3N5O2S. The molecule has 0 radical (unpaired) electrons. The van der Waals surface area contributed by atoms with Gasteiger partial charge in [0.15, 0.2) is 11.4 Å². The molecule has 0 aliphatic heterocycles. The zero-order valence-electron chi connectivity index (χ0n) is 14.1. The molecule has 2 N–H and O–H groups in total. The van der Waals surface area contributed by atoms with E-state index >= 15 is 0 Å². The molecule has 3 heterocycles. The summed E-state index contributed by atoms with van der Waals surface area (Å²) in [6, 6.07) is 10.8. The average molecular weight is 407 g/mol. The third-order valence-corrected chi connectivity index (χ3v) is 4.59. The van der Waals surface area contributed by atoms with E-state index in [-0.39, 0.29) is 11.7 Å². The van der Waals surface area contributed by atoms with Crippen molar-refractivity contribution in [3.8, 4) is 17.3 Å². The maximum atomic E-state index is 12.2. The number of benzene rings is 1. The third-order valence-electron chi connectivity index (χ3n) is 3.61. The van der Waals surface area contributed by atoms with Crippen molar-refractivity contribution >= 4 is 23.4 Å². The summed E-state index contributed by atoms with van der Waals surface area (Å²) in [6.07, 6.45) is -3.19. The van der Waals surface area contributed by atoms with E-state index in [9.17, 15) is 13.2 Å². The fourth-order valence-corrected chi connectivity index (χ4v) is 3.27. The summed E-state index contributed by atoms with van der Waals surface area (Å²) in [5, 5.41) is 4.87. The zero-order chi connectivity index (χ0) is 19.7. The van der Waals surface area contributed by atoms with Gasteiger partial charge in [-0.15, -0.1) is 30.0 Å². The van der Waals surface area contributed by atoms with Crippen LogP contribution >= 0.6 is 11.8 Å². The van der Waals surface area contributed by atoms with Crippen molar-refractivity contribution in [2.45, 2.75) is 17.1 Å². The number of fused-ring (bicyclic) bond motifs is 1. The highest BCUT2D eigenvalue weighted by Gasteiger charge is 2.30. The van der Waals surface area contributed by atoms with E-state index in [2.05, 4.69) is 19.8 Å². The van der Waals surface area contributed by atoms with Gasteiger partial charge in [-0.2, -0.15) is 4.52 Å². The Bertz CT molecular complexity index is 1090. The van der Waals surface area contributed by atoms with E-state index in [1.54, 1.807) is 30.3 Å². The fraction of sp³-hybridized carbons (Fsp3) is 0.118. The standard InChI is InChI=1S/C17H12F3N5O2S/c18-17(19,20)27-11-5-3-10(4-6-11)9-28-14-8-13-22-15(12-2-1-7-26-12)24-25(13)16(21)23-14/h1-8H,9H2,(H2,21,23). The van der Waals surface area contributed by atoms with Gasteiger partial charge in [0.2, 0.25) is 11.8 Å². The first-order valence-corrected chi connectivity index (χ1v) is 8.90. The number of furan rings is 1. The van der Waals surface area contributed by atoms with Crippen LogP contribution in [-0.4, -0.2) is 25.9 Å². The van der Waals surface area contributed by atoms with E-state index in [1.165, 1.54) is 34.7 Å². The van der Waals surface area contributed by atoms with Gasteiger partial charge in [-0.3, -0.25) is 0 Å². The van der Waals surface area contributed by atoms with Crippen LogP contribution < -0.4 is 10.5 Å². The molecule has 1 aromatic carbocycles. The highest BCUT2D eigenvalue weighted by atomic mass is 32.2. The summed E-state index contributed by atoms with van der Waals surface area (Å²) in [4.78, 5) is 8.65. The molecule has 0 atom stereocenters. The van der Waals surface area contributed by atoms with Crippen LogP contribution in [0.5, 0.6) is 5.75 Å². The Morgan fingerprint density at radius 3 is 2.61 bits per heavy atom. The second-order valence-electron chi connectivity index (χ2n) is 5.62. The van der Waals surface area contributed by atoms with Gasteiger partial charge in [-0.1, -0.05) is 12.1 Å². The summed E-state index contributed by atoms with van der Waals surface area (Å²) < 4.78 is 47.2. The lowest BCUT2D eigenvalue weighted by atomic mass is 10.2. The van der Waals surface area contributed by atoms with Crippen LogP contribution in [0.15, 0.2) is 58.2 Å². The van der Waals surface area contributed by atoms with Crippen molar-refractivity contribution < 1.29 is 22.3 Å². The van der Waals surface area contributed by atoms with Gasteiger partial charge in [-0.05, 0) is 29.8 Å². The molecule has 4 rings (SSSR count). The summed E-state index contributed by atoms with van der Waals surface area (Å²) in [5.41, 5.74) is 7.27. The SMILES string of the molecule is Nc1nc(SCc2ccc(OC(F)(F)F)cc2)cc2nc(-c3ccco3)nn12. The molecule has 144 valence electrons. The fourth-order valence-electron chi connectivity index (χ4n) is 2.42. The highest BCUT2D eigenvalue weighted by Crippen LogP contribution is 2.27. The second-order valence-corrected chi connectivity index (χ2v) is 6.61. The molecule has 0 spiro atoms. The Morgan fingerprint density at radius 2 is 1.93 bits per heavy atom. The van der Waals surface area contributed by atoms with E-state index in [0.717, 1.165) is 5.56 Å². The number of nitrogens with two attached hydrogens (primary N) is 1. The number of hydrogen-bond acceptors (Lipinski definition) is 7.